The molecule has 1 aromatic carbocycles. The molecule has 1 atom stereocenters. The van der Waals surface area contributed by atoms with Crippen molar-refractivity contribution in [2.75, 3.05) is 32.7 Å². The first-order valence-electron chi connectivity index (χ1n) is 7.63. The molecule has 0 amide bonds. The van der Waals surface area contributed by atoms with E-state index in [1.165, 1.54) is 51.0 Å². The summed E-state index contributed by atoms with van der Waals surface area (Å²) in [7, 11) is 0. The number of benzene rings is 1. The van der Waals surface area contributed by atoms with Gasteiger partial charge in [-0.3, -0.25) is 4.90 Å². The first-order valence-corrected chi connectivity index (χ1v) is 8.38. The van der Waals surface area contributed by atoms with E-state index in [4.69, 9.17) is 23.2 Å². The van der Waals surface area contributed by atoms with Crippen LogP contribution < -0.4 is 0 Å². The Morgan fingerprint density at radius 2 is 2.00 bits per heavy atom. The maximum atomic E-state index is 6.25. The van der Waals surface area contributed by atoms with Crippen LogP contribution in [-0.4, -0.2) is 48.6 Å². The molecule has 110 valence electrons. The lowest BCUT2D eigenvalue weighted by molar-refractivity contribution is 0.0500. The molecule has 2 heterocycles. The summed E-state index contributed by atoms with van der Waals surface area (Å²) >= 11 is 12.2. The van der Waals surface area contributed by atoms with Crippen LogP contribution in [0.25, 0.3) is 0 Å². The fraction of sp³-hybridized carbons (Fsp3) is 0.625. The van der Waals surface area contributed by atoms with Gasteiger partial charge >= 0.3 is 0 Å². The van der Waals surface area contributed by atoms with Crippen molar-refractivity contribution in [3.8, 4) is 0 Å². The topological polar surface area (TPSA) is 6.48 Å². The van der Waals surface area contributed by atoms with E-state index < -0.39 is 0 Å². The highest BCUT2D eigenvalue weighted by Gasteiger charge is 2.28. The standard InChI is InChI=1S/C16H22Cl2N2/c17-14-5-4-13(16(18)11-14)6-8-19-9-10-20-7-2-1-3-15(20)12-19/h4-5,11,15H,1-3,6-10,12H2. The maximum absolute atomic E-state index is 6.25. The molecule has 2 nitrogen and oxygen atoms in total. The van der Waals surface area contributed by atoms with Crippen molar-refractivity contribution in [2.24, 2.45) is 0 Å². The molecule has 0 radical (unpaired) electrons. The molecule has 2 fully saturated rings. The molecule has 2 aliphatic heterocycles. The van der Waals surface area contributed by atoms with Gasteiger partial charge in [0.2, 0.25) is 0 Å². The van der Waals surface area contributed by atoms with Crippen molar-refractivity contribution >= 4 is 23.2 Å². The second kappa shape index (κ2) is 6.65. The van der Waals surface area contributed by atoms with Gasteiger partial charge in [0.1, 0.15) is 0 Å². The SMILES string of the molecule is Clc1ccc(CCN2CCN3CCCCC3C2)c(Cl)c1. The third kappa shape index (κ3) is 3.48. The second-order valence-corrected chi connectivity index (χ2v) is 6.82. The summed E-state index contributed by atoms with van der Waals surface area (Å²) in [6, 6.07) is 6.62. The number of hydrogen-bond acceptors (Lipinski definition) is 2. The number of fused-ring (bicyclic) bond motifs is 1. The lowest BCUT2D eigenvalue weighted by atomic mass is 9.99. The number of hydrogen-bond donors (Lipinski definition) is 0. The minimum Gasteiger partial charge on any atom is -0.300 e. The minimum absolute atomic E-state index is 0.717. The van der Waals surface area contributed by atoms with Crippen LogP contribution in [0.4, 0.5) is 0 Å². The van der Waals surface area contributed by atoms with E-state index in [0.717, 1.165) is 29.1 Å². The van der Waals surface area contributed by atoms with Crippen molar-refractivity contribution in [1.29, 1.82) is 0 Å². The molecule has 2 saturated heterocycles. The summed E-state index contributed by atoms with van der Waals surface area (Å²) < 4.78 is 0. The Morgan fingerprint density at radius 1 is 1.10 bits per heavy atom. The third-order valence-corrected chi connectivity index (χ3v) is 5.22. The molecule has 20 heavy (non-hydrogen) atoms. The van der Waals surface area contributed by atoms with Crippen LogP contribution in [0.5, 0.6) is 0 Å². The summed E-state index contributed by atoms with van der Waals surface area (Å²) in [5.74, 6) is 0. The molecule has 0 spiro atoms. The van der Waals surface area contributed by atoms with E-state index in [9.17, 15) is 0 Å². The number of piperidine rings is 1. The number of halogens is 2. The molecule has 0 N–H and O–H groups in total. The Morgan fingerprint density at radius 3 is 2.85 bits per heavy atom. The number of rotatable bonds is 3. The van der Waals surface area contributed by atoms with Crippen LogP contribution in [0.15, 0.2) is 18.2 Å². The summed E-state index contributed by atoms with van der Waals surface area (Å²) in [6.07, 6.45) is 5.18. The molecule has 4 heteroatoms. The zero-order chi connectivity index (χ0) is 13.9. The molecular formula is C16H22Cl2N2. The molecule has 1 unspecified atom stereocenters. The summed E-state index contributed by atoms with van der Waals surface area (Å²) in [5, 5.41) is 1.52. The Hall–Kier alpha value is -0.280. The molecule has 0 saturated carbocycles. The van der Waals surface area contributed by atoms with Crippen molar-refractivity contribution in [2.45, 2.75) is 31.7 Å². The molecule has 3 rings (SSSR count). The highest BCUT2D eigenvalue weighted by Crippen LogP contribution is 2.23. The van der Waals surface area contributed by atoms with E-state index in [0.29, 0.717) is 0 Å². The largest absolute Gasteiger partial charge is 0.300 e. The minimum atomic E-state index is 0.717. The monoisotopic (exact) mass is 312 g/mol. The van der Waals surface area contributed by atoms with Gasteiger partial charge in [0.15, 0.2) is 0 Å². The Bertz CT molecular complexity index is 464. The van der Waals surface area contributed by atoms with Crippen LogP contribution >= 0.6 is 23.2 Å². The molecule has 1 aromatic rings. The Balaban J connectivity index is 1.53. The predicted octanol–water partition coefficient (Wildman–Crippen LogP) is 3.71. The molecular weight excluding hydrogens is 291 g/mol. The highest BCUT2D eigenvalue weighted by molar-refractivity contribution is 6.35. The van der Waals surface area contributed by atoms with Gasteiger partial charge in [0, 0.05) is 42.3 Å². The molecule has 2 aliphatic rings. The van der Waals surface area contributed by atoms with Crippen molar-refractivity contribution in [3.63, 3.8) is 0 Å². The lowest BCUT2D eigenvalue weighted by Gasteiger charge is -2.44. The van der Waals surface area contributed by atoms with E-state index in [-0.39, 0.29) is 0 Å². The van der Waals surface area contributed by atoms with Gasteiger partial charge in [-0.15, -0.1) is 0 Å². The maximum Gasteiger partial charge on any atom is 0.0453 e. The Labute approximate surface area is 131 Å². The summed E-state index contributed by atoms with van der Waals surface area (Å²) in [4.78, 5) is 5.27. The molecule has 0 aromatic heterocycles. The van der Waals surface area contributed by atoms with Crippen molar-refractivity contribution in [1.82, 2.24) is 9.80 Å². The van der Waals surface area contributed by atoms with Gasteiger partial charge in [-0.25, -0.2) is 0 Å². The summed E-state index contributed by atoms with van der Waals surface area (Å²) in [6.45, 7) is 6.07. The first-order chi connectivity index (χ1) is 9.72. The average molecular weight is 313 g/mol. The van der Waals surface area contributed by atoms with Gasteiger partial charge in [-0.1, -0.05) is 35.7 Å². The van der Waals surface area contributed by atoms with Crippen LogP contribution in [-0.2, 0) is 6.42 Å². The molecule has 0 bridgehead atoms. The van der Waals surface area contributed by atoms with E-state index >= 15 is 0 Å². The fourth-order valence-electron chi connectivity index (χ4n) is 3.43. The van der Waals surface area contributed by atoms with Crippen LogP contribution in [0, 0.1) is 0 Å². The Kier molecular flexibility index (Phi) is 4.87. The van der Waals surface area contributed by atoms with Crippen molar-refractivity contribution in [3.05, 3.63) is 33.8 Å². The zero-order valence-electron chi connectivity index (χ0n) is 11.8. The summed E-state index contributed by atoms with van der Waals surface area (Å²) in [5.41, 5.74) is 1.21. The van der Waals surface area contributed by atoms with Crippen LogP contribution in [0.3, 0.4) is 0 Å². The normalized spacial score (nSPS) is 24.6. The zero-order valence-corrected chi connectivity index (χ0v) is 13.3. The van der Waals surface area contributed by atoms with Gasteiger partial charge < -0.3 is 4.90 Å². The average Bonchev–Trinajstić information content (AvgIpc) is 2.46. The van der Waals surface area contributed by atoms with Crippen LogP contribution in [0.1, 0.15) is 24.8 Å². The van der Waals surface area contributed by atoms with Gasteiger partial charge in [-0.05, 0) is 43.5 Å². The van der Waals surface area contributed by atoms with Crippen LogP contribution in [0.2, 0.25) is 10.0 Å². The first kappa shape index (κ1) is 14.6. The van der Waals surface area contributed by atoms with Crippen molar-refractivity contribution < 1.29 is 0 Å². The van der Waals surface area contributed by atoms with Gasteiger partial charge in [0.25, 0.3) is 0 Å². The van der Waals surface area contributed by atoms with E-state index in [2.05, 4.69) is 15.9 Å². The number of piperazine rings is 1. The second-order valence-electron chi connectivity index (χ2n) is 5.97. The van der Waals surface area contributed by atoms with E-state index in [1.54, 1.807) is 0 Å². The van der Waals surface area contributed by atoms with Gasteiger partial charge in [-0.2, -0.15) is 0 Å². The predicted molar refractivity (Wildman–Crippen MR) is 85.8 cm³/mol. The number of nitrogens with zero attached hydrogens (tertiary/aromatic N) is 2. The lowest BCUT2D eigenvalue weighted by Crippen LogP contribution is -2.55. The van der Waals surface area contributed by atoms with E-state index in [1.807, 2.05) is 12.1 Å². The fourth-order valence-corrected chi connectivity index (χ4v) is 3.93. The molecule has 0 aliphatic carbocycles. The van der Waals surface area contributed by atoms with Gasteiger partial charge in [0.05, 0.1) is 0 Å². The quantitative estimate of drug-likeness (QED) is 0.839. The third-order valence-electron chi connectivity index (χ3n) is 4.63. The smallest absolute Gasteiger partial charge is 0.0453 e. The highest BCUT2D eigenvalue weighted by atomic mass is 35.5.